The van der Waals surface area contributed by atoms with Crippen molar-refractivity contribution in [3.63, 3.8) is 0 Å². The fourth-order valence-corrected chi connectivity index (χ4v) is 4.18. The lowest BCUT2D eigenvalue weighted by atomic mass is 10.1. The van der Waals surface area contributed by atoms with Crippen LogP contribution in [0.4, 0.5) is 0 Å². The molecule has 2 aromatic carbocycles. The van der Waals surface area contributed by atoms with Crippen LogP contribution in [-0.2, 0) is 16.6 Å². The average molecular weight is 430 g/mol. The number of amides is 2. The molecule has 7 nitrogen and oxygen atoms in total. The maximum absolute atomic E-state index is 12.6. The van der Waals surface area contributed by atoms with Crippen molar-refractivity contribution in [2.45, 2.75) is 18.4 Å². The van der Waals surface area contributed by atoms with Gasteiger partial charge in [0.15, 0.2) is 0 Å². The maximum Gasteiger partial charge on any atom is 0.279 e. The molecule has 0 aliphatic carbocycles. The summed E-state index contributed by atoms with van der Waals surface area (Å²) in [6.45, 7) is 1.82. The van der Waals surface area contributed by atoms with E-state index in [1.807, 2.05) is 30.3 Å². The van der Waals surface area contributed by atoms with Crippen LogP contribution in [0.1, 0.15) is 31.2 Å². The molecule has 0 saturated carbocycles. The van der Waals surface area contributed by atoms with E-state index in [4.69, 9.17) is 0 Å². The Labute approximate surface area is 172 Å². The molecule has 0 atom stereocenters. The summed E-state index contributed by atoms with van der Waals surface area (Å²) in [6, 6.07) is 16.7. The molecule has 0 bridgehead atoms. The van der Waals surface area contributed by atoms with E-state index in [9.17, 15) is 18.0 Å². The third kappa shape index (κ3) is 5.29. The fraction of sp³-hybridized carbons (Fsp3) is 0.100. The van der Waals surface area contributed by atoms with E-state index in [1.165, 1.54) is 23.5 Å². The molecule has 0 radical (unpaired) electrons. The number of carbonyl (C=O) groups is 2. The largest absolute Gasteiger partial charge is 0.279 e. The highest BCUT2D eigenvalue weighted by Crippen LogP contribution is 2.16. The summed E-state index contributed by atoms with van der Waals surface area (Å²) in [5.74, 6) is -1.05. The van der Waals surface area contributed by atoms with E-state index in [1.54, 1.807) is 30.5 Å². The molecule has 150 valence electrons. The van der Waals surface area contributed by atoms with Gasteiger partial charge >= 0.3 is 0 Å². The monoisotopic (exact) mass is 429 g/mol. The minimum Gasteiger partial charge on any atom is -0.267 e. The Balaban J connectivity index is 1.71. The van der Waals surface area contributed by atoms with Gasteiger partial charge in [0.05, 0.1) is 9.77 Å². The number of nitrogens with one attached hydrogen (secondary N) is 3. The zero-order chi connectivity index (χ0) is 20.9. The van der Waals surface area contributed by atoms with Crippen LogP contribution in [0.15, 0.2) is 70.9 Å². The normalized spacial score (nSPS) is 11.1. The second-order valence-corrected chi connectivity index (χ2v) is 8.89. The molecule has 0 aliphatic heterocycles. The molecule has 29 heavy (non-hydrogen) atoms. The van der Waals surface area contributed by atoms with Crippen molar-refractivity contribution in [3.05, 3.63) is 87.6 Å². The van der Waals surface area contributed by atoms with Crippen LogP contribution in [0, 0.1) is 6.92 Å². The second-order valence-electron chi connectivity index (χ2n) is 6.17. The minimum atomic E-state index is -3.81. The molecule has 0 spiro atoms. The number of hydrogen-bond acceptors (Lipinski definition) is 5. The van der Waals surface area contributed by atoms with Crippen molar-refractivity contribution in [3.8, 4) is 0 Å². The van der Waals surface area contributed by atoms with Crippen LogP contribution < -0.4 is 15.6 Å². The third-order valence-corrected chi connectivity index (χ3v) is 6.38. The second kappa shape index (κ2) is 8.99. The van der Waals surface area contributed by atoms with Gasteiger partial charge in [0, 0.05) is 12.1 Å². The standard InChI is InChI=1S/C20H19N3O4S2/c1-14-9-10-16(29(26,27)21-13-15-6-3-2-4-7-15)12-17(14)19(24)22-23-20(25)18-8-5-11-28-18/h2-12,21H,13H2,1H3,(H,22,24)(H,23,25). The van der Waals surface area contributed by atoms with E-state index in [0.717, 1.165) is 5.56 Å². The van der Waals surface area contributed by atoms with Gasteiger partial charge < -0.3 is 0 Å². The fourth-order valence-electron chi connectivity index (χ4n) is 2.52. The van der Waals surface area contributed by atoms with Gasteiger partial charge in [-0.1, -0.05) is 42.5 Å². The molecule has 2 amide bonds. The topological polar surface area (TPSA) is 104 Å². The van der Waals surface area contributed by atoms with Gasteiger partial charge in [-0.15, -0.1) is 11.3 Å². The predicted octanol–water partition coefficient (Wildman–Crippen LogP) is 2.61. The molecule has 9 heteroatoms. The highest BCUT2D eigenvalue weighted by molar-refractivity contribution is 7.89. The summed E-state index contributed by atoms with van der Waals surface area (Å²) in [5, 5.41) is 1.75. The van der Waals surface area contributed by atoms with Crippen molar-refractivity contribution < 1.29 is 18.0 Å². The number of carbonyl (C=O) groups excluding carboxylic acids is 2. The number of hydrazine groups is 1. The Morgan fingerprint density at radius 2 is 1.66 bits per heavy atom. The highest BCUT2D eigenvalue weighted by Gasteiger charge is 2.18. The highest BCUT2D eigenvalue weighted by atomic mass is 32.2. The van der Waals surface area contributed by atoms with E-state index >= 15 is 0 Å². The first-order valence-electron chi connectivity index (χ1n) is 8.65. The lowest BCUT2D eigenvalue weighted by Crippen LogP contribution is -2.41. The summed E-state index contributed by atoms with van der Waals surface area (Å²) in [4.78, 5) is 24.8. The smallest absolute Gasteiger partial charge is 0.267 e. The summed E-state index contributed by atoms with van der Waals surface area (Å²) in [5.41, 5.74) is 6.19. The van der Waals surface area contributed by atoms with Gasteiger partial charge in [-0.25, -0.2) is 13.1 Å². The minimum absolute atomic E-state index is 0.0336. The van der Waals surface area contributed by atoms with Crippen LogP contribution in [0.25, 0.3) is 0 Å². The summed E-state index contributed by atoms with van der Waals surface area (Å²) >= 11 is 1.24. The lowest BCUT2D eigenvalue weighted by molar-refractivity contribution is 0.0848. The molecule has 1 aromatic heterocycles. The van der Waals surface area contributed by atoms with Crippen molar-refractivity contribution in [2.24, 2.45) is 0 Å². The molecule has 0 aliphatic rings. The molecular weight excluding hydrogens is 410 g/mol. The Morgan fingerprint density at radius 1 is 0.931 bits per heavy atom. The van der Waals surface area contributed by atoms with Crippen LogP contribution in [-0.4, -0.2) is 20.2 Å². The number of hydrogen-bond donors (Lipinski definition) is 3. The van der Waals surface area contributed by atoms with Crippen LogP contribution >= 0.6 is 11.3 Å². The van der Waals surface area contributed by atoms with E-state index in [0.29, 0.717) is 10.4 Å². The zero-order valence-electron chi connectivity index (χ0n) is 15.5. The van der Waals surface area contributed by atoms with Gasteiger partial charge in [0.1, 0.15) is 0 Å². The Hall–Kier alpha value is -3.01. The van der Waals surface area contributed by atoms with Crippen LogP contribution in [0.2, 0.25) is 0 Å². The van der Waals surface area contributed by atoms with E-state index in [-0.39, 0.29) is 17.0 Å². The van der Waals surface area contributed by atoms with Gasteiger partial charge in [0.25, 0.3) is 11.8 Å². The average Bonchev–Trinajstić information content (AvgIpc) is 3.26. The van der Waals surface area contributed by atoms with E-state index < -0.39 is 21.8 Å². The Bertz CT molecular complexity index is 1110. The third-order valence-electron chi connectivity index (χ3n) is 4.11. The van der Waals surface area contributed by atoms with Crippen LogP contribution in [0.5, 0.6) is 0 Å². The first-order chi connectivity index (χ1) is 13.9. The number of thiophene rings is 1. The first kappa shape index (κ1) is 20.7. The Morgan fingerprint density at radius 3 is 2.34 bits per heavy atom. The zero-order valence-corrected chi connectivity index (χ0v) is 17.1. The summed E-state index contributed by atoms with van der Waals surface area (Å²) in [6.07, 6.45) is 0. The Kier molecular flexibility index (Phi) is 6.42. The molecule has 0 unspecified atom stereocenters. The molecule has 1 heterocycles. The molecule has 3 aromatic rings. The van der Waals surface area contributed by atoms with Crippen LogP contribution in [0.3, 0.4) is 0 Å². The summed E-state index contributed by atoms with van der Waals surface area (Å²) < 4.78 is 27.7. The predicted molar refractivity (Wildman–Crippen MR) is 111 cm³/mol. The van der Waals surface area contributed by atoms with Crippen molar-refractivity contribution in [1.29, 1.82) is 0 Å². The number of rotatable bonds is 6. The van der Waals surface area contributed by atoms with Crippen molar-refractivity contribution in [1.82, 2.24) is 15.6 Å². The summed E-state index contributed by atoms with van der Waals surface area (Å²) in [7, 11) is -3.81. The number of sulfonamides is 1. The maximum atomic E-state index is 12.6. The number of aryl methyl sites for hydroxylation is 1. The van der Waals surface area contributed by atoms with Gasteiger partial charge in [-0.2, -0.15) is 0 Å². The number of benzene rings is 2. The molecular formula is C20H19N3O4S2. The van der Waals surface area contributed by atoms with Gasteiger partial charge in [-0.05, 0) is 41.6 Å². The molecule has 0 fully saturated rings. The SMILES string of the molecule is Cc1ccc(S(=O)(=O)NCc2ccccc2)cc1C(=O)NNC(=O)c1cccs1. The lowest BCUT2D eigenvalue weighted by Gasteiger charge is -2.11. The quantitative estimate of drug-likeness (QED) is 0.524. The molecule has 3 rings (SSSR count). The van der Waals surface area contributed by atoms with Gasteiger partial charge in [0.2, 0.25) is 10.0 Å². The van der Waals surface area contributed by atoms with Gasteiger partial charge in [-0.3, -0.25) is 20.4 Å². The van der Waals surface area contributed by atoms with E-state index in [2.05, 4.69) is 15.6 Å². The molecule has 3 N–H and O–H groups in total. The molecule has 0 saturated heterocycles. The first-order valence-corrected chi connectivity index (χ1v) is 11.0. The van der Waals surface area contributed by atoms with Crippen molar-refractivity contribution >= 4 is 33.2 Å². The van der Waals surface area contributed by atoms with Crippen molar-refractivity contribution in [2.75, 3.05) is 0 Å².